The van der Waals surface area contributed by atoms with Crippen LogP contribution in [0.4, 0.5) is 0 Å². The Morgan fingerprint density at radius 3 is 2.96 bits per heavy atom. The molecule has 8 nitrogen and oxygen atoms in total. The van der Waals surface area contributed by atoms with Crippen LogP contribution in [0.15, 0.2) is 41.3 Å². The fraction of sp³-hybridized carbons (Fsp3) is 0.333. The lowest BCUT2D eigenvalue weighted by molar-refractivity contribution is 0.0601. The number of aromatic nitrogens is 4. The van der Waals surface area contributed by atoms with Gasteiger partial charge in [-0.1, -0.05) is 0 Å². The predicted octanol–water partition coefficient (Wildman–Crippen LogP) is 2.37. The molecule has 0 bridgehead atoms. The van der Waals surface area contributed by atoms with Crippen LogP contribution in [0.2, 0.25) is 0 Å². The Morgan fingerprint density at radius 2 is 2.23 bits per heavy atom. The Labute approximate surface area is 150 Å². The lowest BCUT2D eigenvalue weighted by Crippen LogP contribution is -2.41. The van der Waals surface area contributed by atoms with Crippen LogP contribution in [0.5, 0.6) is 5.75 Å². The van der Waals surface area contributed by atoms with Crippen molar-refractivity contribution in [2.75, 3.05) is 6.54 Å². The first-order chi connectivity index (χ1) is 12.6. The zero-order chi connectivity index (χ0) is 18.1. The Balaban J connectivity index is 1.51. The number of hydrogen-bond donors (Lipinski definition) is 0. The van der Waals surface area contributed by atoms with Gasteiger partial charge in [0.15, 0.2) is 17.4 Å². The second-order valence-corrected chi connectivity index (χ2v) is 6.21. The van der Waals surface area contributed by atoms with Crippen LogP contribution in [-0.4, -0.2) is 37.1 Å². The molecule has 0 spiro atoms. The summed E-state index contributed by atoms with van der Waals surface area (Å²) in [5, 5.41) is 8.52. The normalized spacial score (nSPS) is 16.4. The van der Waals surface area contributed by atoms with Gasteiger partial charge in [-0.2, -0.15) is 0 Å². The molecule has 26 heavy (non-hydrogen) atoms. The molecule has 0 saturated carbocycles. The second-order valence-electron chi connectivity index (χ2n) is 6.21. The predicted molar refractivity (Wildman–Crippen MR) is 91.5 cm³/mol. The molecule has 0 aliphatic carbocycles. The summed E-state index contributed by atoms with van der Waals surface area (Å²) in [7, 11) is 0. The molecule has 4 rings (SSSR count). The van der Waals surface area contributed by atoms with Crippen molar-refractivity contribution in [2.24, 2.45) is 0 Å². The van der Waals surface area contributed by atoms with Crippen LogP contribution in [-0.2, 0) is 13.2 Å². The molecule has 0 radical (unpaired) electrons. The molecule has 1 atom stereocenters. The smallest absolute Gasteiger partial charge is 0.290 e. The topological polar surface area (TPSA) is 86.3 Å². The van der Waals surface area contributed by atoms with E-state index in [9.17, 15) is 4.79 Å². The summed E-state index contributed by atoms with van der Waals surface area (Å²) >= 11 is 0. The highest BCUT2D eigenvalue weighted by molar-refractivity contribution is 5.93. The Morgan fingerprint density at radius 1 is 1.35 bits per heavy atom. The number of pyridine rings is 1. The minimum absolute atomic E-state index is 0.123. The quantitative estimate of drug-likeness (QED) is 0.716. The van der Waals surface area contributed by atoms with Crippen LogP contribution in [0, 0.1) is 6.92 Å². The SMILES string of the molecule is Cc1ccoc1C(=O)N1CCn2c(COc3cccnc3)nnc2[C@H]1C. The molecule has 0 fully saturated rings. The maximum absolute atomic E-state index is 12.8. The van der Waals surface area contributed by atoms with Crippen LogP contribution in [0.1, 0.15) is 40.7 Å². The van der Waals surface area contributed by atoms with Gasteiger partial charge in [0.25, 0.3) is 5.91 Å². The molecule has 1 aliphatic heterocycles. The average Bonchev–Trinajstić information content (AvgIpc) is 3.27. The van der Waals surface area contributed by atoms with Crippen LogP contribution in [0.3, 0.4) is 0 Å². The van der Waals surface area contributed by atoms with Crippen LogP contribution in [0.25, 0.3) is 0 Å². The summed E-state index contributed by atoms with van der Waals surface area (Å²) in [5.41, 5.74) is 0.833. The monoisotopic (exact) mass is 353 g/mol. The third-order valence-electron chi connectivity index (χ3n) is 4.58. The summed E-state index contributed by atoms with van der Waals surface area (Å²) in [6, 6.07) is 5.25. The molecule has 0 saturated heterocycles. The fourth-order valence-corrected chi connectivity index (χ4v) is 3.13. The van der Waals surface area contributed by atoms with Crippen molar-refractivity contribution >= 4 is 5.91 Å². The van der Waals surface area contributed by atoms with Crippen molar-refractivity contribution in [3.63, 3.8) is 0 Å². The van der Waals surface area contributed by atoms with E-state index < -0.39 is 0 Å². The molecule has 0 unspecified atom stereocenters. The summed E-state index contributed by atoms with van der Waals surface area (Å²) in [6.07, 6.45) is 4.88. The lowest BCUT2D eigenvalue weighted by atomic mass is 10.1. The molecule has 3 aromatic heterocycles. The minimum Gasteiger partial charge on any atom is -0.484 e. The number of ether oxygens (including phenoxy) is 1. The molecule has 0 aromatic carbocycles. The highest BCUT2D eigenvalue weighted by Gasteiger charge is 2.33. The van der Waals surface area contributed by atoms with Crippen molar-refractivity contribution < 1.29 is 13.9 Å². The van der Waals surface area contributed by atoms with Gasteiger partial charge in [-0.3, -0.25) is 9.78 Å². The van der Waals surface area contributed by atoms with E-state index in [1.165, 1.54) is 6.26 Å². The van der Waals surface area contributed by atoms with Crippen molar-refractivity contribution in [3.05, 3.63) is 59.8 Å². The van der Waals surface area contributed by atoms with Crippen molar-refractivity contribution in [2.45, 2.75) is 33.0 Å². The van der Waals surface area contributed by atoms with Gasteiger partial charge in [0.1, 0.15) is 12.4 Å². The third kappa shape index (κ3) is 2.83. The number of carbonyl (C=O) groups is 1. The first kappa shape index (κ1) is 16.3. The molecule has 4 heterocycles. The summed E-state index contributed by atoms with van der Waals surface area (Å²) in [5.74, 6) is 2.42. The highest BCUT2D eigenvalue weighted by atomic mass is 16.5. The maximum atomic E-state index is 12.8. The minimum atomic E-state index is -0.194. The van der Waals surface area contributed by atoms with Gasteiger partial charge in [0.05, 0.1) is 18.5 Å². The lowest BCUT2D eigenvalue weighted by Gasteiger charge is -2.33. The van der Waals surface area contributed by atoms with E-state index in [4.69, 9.17) is 9.15 Å². The highest BCUT2D eigenvalue weighted by Crippen LogP contribution is 2.27. The number of fused-ring (bicyclic) bond motifs is 1. The molecule has 8 heteroatoms. The van der Waals surface area contributed by atoms with Gasteiger partial charge in [0, 0.05) is 24.8 Å². The molecule has 1 amide bonds. The van der Waals surface area contributed by atoms with E-state index in [0.717, 1.165) is 17.2 Å². The van der Waals surface area contributed by atoms with Gasteiger partial charge in [0.2, 0.25) is 0 Å². The van der Waals surface area contributed by atoms with Gasteiger partial charge in [-0.15, -0.1) is 10.2 Å². The number of amides is 1. The Kier molecular flexibility index (Phi) is 4.16. The summed E-state index contributed by atoms with van der Waals surface area (Å²) < 4.78 is 13.1. The second kappa shape index (κ2) is 6.62. The number of rotatable bonds is 4. The number of furan rings is 1. The van der Waals surface area contributed by atoms with Crippen molar-refractivity contribution in [1.82, 2.24) is 24.6 Å². The van der Waals surface area contributed by atoms with E-state index in [2.05, 4.69) is 15.2 Å². The molecule has 1 aliphatic rings. The van der Waals surface area contributed by atoms with Crippen LogP contribution < -0.4 is 4.74 Å². The number of hydrogen-bond acceptors (Lipinski definition) is 6. The number of carbonyl (C=O) groups excluding carboxylic acids is 1. The van der Waals surface area contributed by atoms with Crippen LogP contribution >= 0.6 is 0 Å². The standard InChI is InChI=1S/C18H19N5O3/c1-12-5-9-25-16(12)18(24)22-7-8-23-15(20-21-17(23)13(22)2)11-26-14-4-3-6-19-10-14/h3-6,9-10,13H,7-8,11H2,1-2H3/t13-/m1/s1. The summed E-state index contributed by atoms with van der Waals surface area (Å²) in [4.78, 5) is 18.6. The molecular formula is C18H19N5O3. The summed E-state index contributed by atoms with van der Waals surface area (Å²) in [6.45, 7) is 5.29. The molecular weight excluding hydrogens is 334 g/mol. The first-order valence-electron chi connectivity index (χ1n) is 8.45. The van der Waals surface area contributed by atoms with Gasteiger partial charge in [-0.25, -0.2) is 0 Å². The third-order valence-corrected chi connectivity index (χ3v) is 4.58. The molecule has 0 N–H and O–H groups in total. The fourth-order valence-electron chi connectivity index (χ4n) is 3.13. The van der Waals surface area contributed by atoms with E-state index in [1.54, 1.807) is 23.4 Å². The van der Waals surface area contributed by atoms with E-state index in [0.29, 0.717) is 31.2 Å². The molecule has 134 valence electrons. The van der Waals surface area contributed by atoms with Gasteiger partial charge in [-0.05, 0) is 32.0 Å². The zero-order valence-corrected chi connectivity index (χ0v) is 14.6. The number of nitrogens with zero attached hydrogens (tertiary/aromatic N) is 5. The molecule has 3 aromatic rings. The Bertz CT molecular complexity index is 918. The number of aryl methyl sites for hydroxylation is 1. The Hall–Kier alpha value is -3.16. The first-order valence-corrected chi connectivity index (χ1v) is 8.45. The van der Waals surface area contributed by atoms with Gasteiger partial charge >= 0.3 is 0 Å². The average molecular weight is 353 g/mol. The maximum Gasteiger partial charge on any atom is 0.290 e. The van der Waals surface area contributed by atoms with E-state index >= 15 is 0 Å². The van der Waals surface area contributed by atoms with Crippen molar-refractivity contribution in [1.29, 1.82) is 0 Å². The van der Waals surface area contributed by atoms with E-state index in [1.807, 2.05) is 30.5 Å². The van der Waals surface area contributed by atoms with Crippen molar-refractivity contribution in [3.8, 4) is 5.75 Å². The largest absolute Gasteiger partial charge is 0.484 e. The van der Waals surface area contributed by atoms with E-state index in [-0.39, 0.29) is 11.9 Å². The zero-order valence-electron chi connectivity index (χ0n) is 14.6. The van der Waals surface area contributed by atoms with Gasteiger partial charge < -0.3 is 18.6 Å².